The molecule has 2 fully saturated rings. The predicted molar refractivity (Wildman–Crippen MR) is 126 cm³/mol. The molecule has 8 heteroatoms. The Hall–Kier alpha value is -3.39. The number of fused-ring (bicyclic) bond motifs is 1. The van der Waals surface area contributed by atoms with E-state index in [9.17, 15) is 9.59 Å². The van der Waals surface area contributed by atoms with E-state index in [4.69, 9.17) is 4.99 Å². The second-order valence-electron chi connectivity index (χ2n) is 9.00. The van der Waals surface area contributed by atoms with Gasteiger partial charge in [0.1, 0.15) is 0 Å². The van der Waals surface area contributed by atoms with E-state index in [1.807, 2.05) is 18.2 Å². The van der Waals surface area contributed by atoms with Crippen molar-refractivity contribution in [1.82, 2.24) is 24.9 Å². The SMILES string of the molecule is Cc1ccccc1CN1C(N2CCN(Cc3ccccc3)CC2)=NC2C1C(=O)NC(=O)N2C. The smallest absolute Gasteiger partial charge is 0.325 e. The predicted octanol–water partition coefficient (Wildman–Crippen LogP) is 1.86. The molecule has 33 heavy (non-hydrogen) atoms. The van der Waals surface area contributed by atoms with Crippen LogP contribution in [0.15, 0.2) is 59.6 Å². The van der Waals surface area contributed by atoms with Crippen LogP contribution in [0.1, 0.15) is 16.7 Å². The zero-order valence-corrected chi connectivity index (χ0v) is 19.1. The largest absolute Gasteiger partial charge is 0.340 e. The quantitative estimate of drug-likeness (QED) is 0.776. The van der Waals surface area contributed by atoms with Gasteiger partial charge in [-0.3, -0.25) is 15.0 Å². The summed E-state index contributed by atoms with van der Waals surface area (Å²) in [6.45, 7) is 7.08. The normalized spacial score (nSPS) is 23.5. The van der Waals surface area contributed by atoms with E-state index < -0.39 is 18.2 Å². The van der Waals surface area contributed by atoms with Gasteiger partial charge in [-0.15, -0.1) is 0 Å². The molecule has 2 atom stereocenters. The molecule has 2 aromatic carbocycles. The molecule has 172 valence electrons. The van der Waals surface area contributed by atoms with Gasteiger partial charge >= 0.3 is 6.03 Å². The monoisotopic (exact) mass is 446 g/mol. The van der Waals surface area contributed by atoms with Crippen LogP contribution in [0.5, 0.6) is 0 Å². The second kappa shape index (κ2) is 8.86. The van der Waals surface area contributed by atoms with E-state index in [-0.39, 0.29) is 5.91 Å². The molecule has 0 spiro atoms. The lowest BCUT2D eigenvalue weighted by atomic mass is 10.1. The van der Waals surface area contributed by atoms with E-state index in [0.29, 0.717) is 6.54 Å². The molecule has 2 saturated heterocycles. The zero-order chi connectivity index (χ0) is 22.9. The molecule has 0 radical (unpaired) electrons. The Morgan fingerprint density at radius 3 is 2.36 bits per heavy atom. The summed E-state index contributed by atoms with van der Waals surface area (Å²) < 4.78 is 0. The van der Waals surface area contributed by atoms with Crippen molar-refractivity contribution in [3.63, 3.8) is 0 Å². The first kappa shape index (κ1) is 21.5. The highest BCUT2D eigenvalue weighted by molar-refractivity contribution is 6.03. The average Bonchev–Trinajstić information content (AvgIpc) is 3.20. The van der Waals surface area contributed by atoms with Crippen molar-refractivity contribution in [2.24, 2.45) is 4.99 Å². The molecule has 3 amide bonds. The number of hydrogen-bond acceptors (Lipinski definition) is 6. The van der Waals surface area contributed by atoms with Crippen LogP contribution in [-0.2, 0) is 17.9 Å². The Morgan fingerprint density at radius 1 is 0.939 bits per heavy atom. The molecule has 3 heterocycles. The molecule has 0 aromatic heterocycles. The maximum atomic E-state index is 12.9. The molecule has 2 unspecified atom stereocenters. The fourth-order valence-corrected chi connectivity index (χ4v) is 4.86. The lowest BCUT2D eigenvalue weighted by Crippen LogP contribution is -2.64. The number of guanidine groups is 1. The highest BCUT2D eigenvalue weighted by Crippen LogP contribution is 2.28. The third kappa shape index (κ3) is 4.18. The van der Waals surface area contributed by atoms with E-state index in [0.717, 1.165) is 44.2 Å². The molecule has 2 aromatic rings. The Balaban J connectivity index is 1.36. The van der Waals surface area contributed by atoms with Gasteiger partial charge in [-0.25, -0.2) is 9.79 Å². The molecular weight excluding hydrogens is 416 g/mol. The van der Waals surface area contributed by atoms with Gasteiger partial charge in [0.15, 0.2) is 18.2 Å². The Labute approximate surface area is 194 Å². The zero-order valence-electron chi connectivity index (χ0n) is 19.1. The fourth-order valence-electron chi connectivity index (χ4n) is 4.86. The summed E-state index contributed by atoms with van der Waals surface area (Å²) in [4.78, 5) is 38.4. The number of amides is 3. The van der Waals surface area contributed by atoms with E-state index in [1.165, 1.54) is 16.0 Å². The third-order valence-electron chi connectivity index (χ3n) is 6.84. The Kier molecular flexibility index (Phi) is 5.76. The molecular formula is C25H30N6O2. The minimum Gasteiger partial charge on any atom is -0.340 e. The van der Waals surface area contributed by atoms with E-state index in [1.54, 1.807) is 7.05 Å². The van der Waals surface area contributed by atoms with Gasteiger partial charge in [-0.2, -0.15) is 0 Å². The van der Waals surface area contributed by atoms with Gasteiger partial charge < -0.3 is 14.7 Å². The number of likely N-dealkylation sites (N-methyl/N-ethyl adjacent to an activating group) is 1. The van der Waals surface area contributed by atoms with Crippen LogP contribution in [0, 0.1) is 6.92 Å². The van der Waals surface area contributed by atoms with Gasteiger partial charge in [0, 0.05) is 46.3 Å². The number of aliphatic imine (C=N–C) groups is 1. The summed E-state index contributed by atoms with van der Waals surface area (Å²) >= 11 is 0. The number of imide groups is 1. The lowest BCUT2D eigenvalue weighted by molar-refractivity contribution is -0.127. The van der Waals surface area contributed by atoms with Crippen molar-refractivity contribution in [1.29, 1.82) is 0 Å². The molecule has 0 aliphatic carbocycles. The average molecular weight is 447 g/mol. The van der Waals surface area contributed by atoms with Gasteiger partial charge in [0.25, 0.3) is 5.91 Å². The Morgan fingerprint density at radius 2 is 1.64 bits per heavy atom. The standard InChI is InChI=1S/C25H30N6O2/c1-18-8-6-7-11-20(18)17-31-21-22(28(2)25(33)27-23(21)32)26-24(31)30-14-12-29(13-15-30)16-19-9-4-3-5-10-19/h3-11,21-22H,12-17H2,1-2H3,(H,27,32,33). The van der Waals surface area contributed by atoms with Crippen molar-refractivity contribution >= 4 is 17.9 Å². The molecule has 5 rings (SSSR count). The van der Waals surface area contributed by atoms with Crippen molar-refractivity contribution < 1.29 is 9.59 Å². The number of benzene rings is 2. The number of aryl methyl sites for hydroxylation is 1. The maximum absolute atomic E-state index is 12.9. The minimum atomic E-state index is -0.523. The van der Waals surface area contributed by atoms with Crippen LogP contribution in [0.25, 0.3) is 0 Å². The first-order chi connectivity index (χ1) is 16.0. The molecule has 3 aliphatic heterocycles. The van der Waals surface area contributed by atoms with E-state index in [2.05, 4.69) is 63.3 Å². The lowest BCUT2D eigenvalue weighted by Gasteiger charge is -2.40. The molecule has 0 saturated carbocycles. The van der Waals surface area contributed by atoms with Crippen molar-refractivity contribution in [2.75, 3.05) is 33.2 Å². The molecule has 1 N–H and O–H groups in total. The number of rotatable bonds is 4. The van der Waals surface area contributed by atoms with Crippen LogP contribution in [-0.4, -0.2) is 82.9 Å². The molecule has 3 aliphatic rings. The van der Waals surface area contributed by atoms with Gasteiger partial charge in [-0.05, 0) is 23.6 Å². The van der Waals surface area contributed by atoms with Crippen LogP contribution in [0.3, 0.4) is 0 Å². The summed E-state index contributed by atoms with van der Waals surface area (Å²) in [5.41, 5.74) is 3.64. The number of carbonyl (C=O) groups excluding carboxylic acids is 2. The van der Waals surface area contributed by atoms with Crippen LogP contribution < -0.4 is 5.32 Å². The van der Waals surface area contributed by atoms with Crippen LogP contribution in [0.4, 0.5) is 4.79 Å². The Bertz CT molecular complexity index is 1060. The summed E-state index contributed by atoms with van der Waals surface area (Å²) in [7, 11) is 1.70. The summed E-state index contributed by atoms with van der Waals surface area (Å²) in [6.07, 6.45) is -0.507. The number of piperazine rings is 1. The highest BCUT2D eigenvalue weighted by Gasteiger charge is 2.49. The summed E-state index contributed by atoms with van der Waals surface area (Å²) in [6, 6.07) is 17.8. The van der Waals surface area contributed by atoms with Crippen LogP contribution in [0.2, 0.25) is 0 Å². The topological polar surface area (TPSA) is 71.5 Å². The third-order valence-corrected chi connectivity index (χ3v) is 6.84. The number of nitrogens with one attached hydrogen (secondary N) is 1. The van der Waals surface area contributed by atoms with Gasteiger partial charge in [0.2, 0.25) is 0 Å². The van der Waals surface area contributed by atoms with Crippen molar-refractivity contribution in [3.05, 3.63) is 71.3 Å². The maximum Gasteiger partial charge on any atom is 0.325 e. The molecule has 0 bridgehead atoms. The number of carbonyl (C=O) groups is 2. The summed E-state index contributed by atoms with van der Waals surface area (Å²) in [5.74, 6) is 0.530. The first-order valence-electron chi connectivity index (χ1n) is 11.5. The van der Waals surface area contributed by atoms with Crippen LogP contribution >= 0.6 is 0 Å². The number of urea groups is 1. The van der Waals surface area contributed by atoms with Gasteiger partial charge in [-0.1, -0.05) is 54.6 Å². The molecule has 8 nitrogen and oxygen atoms in total. The van der Waals surface area contributed by atoms with Crippen molar-refractivity contribution in [3.8, 4) is 0 Å². The van der Waals surface area contributed by atoms with Crippen molar-refractivity contribution in [2.45, 2.75) is 32.2 Å². The minimum absolute atomic E-state index is 0.279. The second-order valence-corrected chi connectivity index (χ2v) is 9.00. The summed E-state index contributed by atoms with van der Waals surface area (Å²) in [5, 5.41) is 2.49. The first-order valence-corrected chi connectivity index (χ1v) is 11.5. The van der Waals surface area contributed by atoms with Gasteiger partial charge in [0.05, 0.1) is 0 Å². The fraction of sp³-hybridized carbons (Fsp3) is 0.400. The number of nitrogens with zero attached hydrogens (tertiary/aromatic N) is 5. The number of hydrogen-bond donors (Lipinski definition) is 1. The van der Waals surface area contributed by atoms with E-state index >= 15 is 0 Å². The highest BCUT2D eigenvalue weighted by atomic mass is 16.2.